The molecule has 3 rings (SSSR count). The first-order valence-electron chi connectivity index (χ1n) is 6.92. The van der Waals surface area contributed by atoms with Gasteiger partial charge in [-0.15, -0.1) is 0 Å². The first-order chi connectivity index (χ1) is 8.05. The monoisotopic (exact) mass is 229 g/mol. The van der Waals surface area contributed by atoms with Gasteiger partial charge in [0.25, 0.3) is 0 Å². The molecule has 1 aromatic carbocycles. The Kier molecular flexibility index (Phi) is 2.55. The van der Waals surface area contributed by atoms with Crippen molar-refractivity contribution in [2.24, 2.45) is 5.41 Å². The Morgan fingerprint density at radius 2 is 1.94 bits per heavy atom. The first kappa shape index (κ1) is 11.3. The van der Waals surface area contributed by atoms with Gasteiger partial charge in [0.15, 0.2) is 0 Å². The minimum Gasteiger partial charge on any atom is -0.309 e. The highest BCUT2D eigenvalue weighted by Crippen LogP contribution is 2.43. The quantitative estimate of drug-likeness (QED) is 0.772. The van der Waals surface area contributed by atoms with Crippen LogP contribution in [-0.4, -0.2) is 6.54 Å². The van der Waals surface area contributed by atoms with Gasteiger partial charge in [0, 0.05) is 6.04 Å². The predicted molar refractivity (Wildman–Crippen MR) is 72.3 cm³/mol. The van der Waals surface area contributed by atoms with Crippen LogP contribution in [0.25, 0.3) is 0 Å². The lowest BCUT2D eigenvalue weighted by atomic mass is 9.77. The summed E-state index contributed by atoms with van der Waals surface area (Å²) in [5.74, 6) is 0.864. The molecule has 0 amide bonds. The van der Waals surface area contributed by atoms with E-state index in [9.17, 15) is 0 Å². The van der Waals surface area contributed by atoms with E-state index in [1.165, 1.54) is 19.3 Å². The van der Waals surface area contributed by atoms with Gasteiger partial charge in [0.1, 0.15) is 0 Å². The molecule has 0 radical (unpaired) electrons. The average Bonchev–Trinajstić information content (AvgIpc) is 3.10. The number of rotatable bonds is 1. The van der Waals surface area contributed by atoms with Gasteiger partial charge >= 0.3 is 0 Å². The molecule has 1 unspecified atom stereocenters. The third-order valence-electron chi connectivity index (χ3n) is 4.14. The Morgan fingerprint density at radius 1 is 1.18 bits per heavy atom. The van der Waals surface area contributed by atoms with Crippen LogP contribution in [-0.2, 0) is 6.42 Å². The third kappa shape index (κ3) is 2.13. The normalized spacial score (nSPS) is 24.5. The highest BCUT2D eigenvalue weighted by Gasteiger charge is 2.32. The third-order valence-corrected chi connectivity index (χ3v) is 4.14. The van der Waals surface area contributed by atoms with Crippen LogP contribution in [0, 0.1) is 5.41 Å². The van der Waals surface area contributed by atoms with Crippen LogP contribution in [0.2, 0.25) is 0 Å². The van der Waals surface area contributed by atoms with E-state index in [1.807, 2.05) is 0 Å². The molecule has 1 N–H and O–H groups in total. The van der Waals surface area contributed by atoms with Gasteiger partial charge in [-0.2, -0.15) is 0 Å². The van der Waals surface area contributed by atoms with E-state index in [1.54, 1.807) is 16.7 Å². The van der Waals surface area contributed by atoms with Crippen LogP contribution in [0.5, 0.6) is 0 Å². The van der Waals surface area contributed by atoms with Crippen LogP contribution in [0.4, 0.5) is 0 Å². The van der Waals surface area contributed by atoms with E-state index < -0.39 is 0 Å². The largest absolute Gasteiger partial charge is 0.309 e. The van der Waals surface area contributed by atoms with Gasteiger partial charge < -0.3 is 5.32 Å². The molecule has 1 aliphatic carbocycles. The van der Waals surface area contributed by atoms with Gasteiger partial charge in [-0.3, -0.25) is 0 Å². The zero-order valence-electron chi connectivity index (χ0n) is 11.2. The first-order valence-corrected chi connectivity index (χ1v) is 6.92. The predicted octanol–water partition coefficient (Wildman–Crippen LogP) is 3.80. The fourth-order valence-electron chi connectivity index (χ4n) is 3.01. The van der Waals surface area contributed by atoms with Gasteiger partial charge in [0.2, 0.25) is 0 Å². The molecule has 0 bridgehead atoms. The molecule has 1 atom stereocenters. The molecule has 1 heterocycles. The molecular weight excluding hydrogens is 206 g/mol. The van der Waals surface area contributed by atoms with Gasteiger partial charge in [-0.05, 0) is 53.8 Å². The van der Waals surface area contributed by atoms with Gasteiger partial charge in [0.05, 0.1) is 0 Å². The summed E-state index contributed by atoms with van der Waals surface area (Å²) in [6.07, 6.45) is 3.98. The Morgan fingerprint density at radius 3 is 2.59 bits per heavy atom. The van der Waals surface area contributed by atoms with Crippen molar-refractivity contribution in [1.29, 1.82) is 0 Å². The molecule has 17 heavy (non-hydrogen) atoms. The Balaban J connectivity index is 2.01. The topological polar surface area (TPSA) is 12.0 Å². The van der Waals surface area contributed by atoms with E-state index in [0.717, 1.165) is 12.5 Å². The maximum absolute atomic E-state index is 3.70. The van der Waals surface area contributed by atoms with E-state index in [-0.39, 0.29) is 0 Å². The average molecular weight is 229 g/mol. The van der Waals surface area contributed by atoms with Crippen molar-refractivity contribution < 1.29 is 0 Å². The summed E-state index contributed by atoms with van der Waals surface area (Å²) < 4.78 is 0. The highest BCUT2D eigenvalue weighted by atomic mass is 14.9. The lowest BCUT2D eigenvalue weighted by Gasteiger charge is -2.37. The van der Waals surface area contributed by atoms with Crippen LogP contribution >= 0.6 is 0 Å². The summed E-state index contributed by atoms with van der Waals surface area (Å²) in [6, 6.07) is 7.74. The molecule has 1 aromatic rings. The maximum Gasteiger partial charge on any atom is 0.0372 e. The number of nitrogens with one attached hydrogen (secondary N) is 1. The molecular formula is C16H23N. The number of hydrogen-bond acceptors (Lipinski definition) is 1. The smallest absolute Gasteiger partial charge is 0.0372 e. The summed E-state index contributed by atoms with van der Waals surface area (Å²) in [6.45, 7) is 8.13. The highest BCUT2D eigenvalue weighted by molar-refractivity contribution is 5.39. The van der Waals surface area contributed by atoms with Crippen molar-refractivity contribution in [3.8, 4) is 0 Å². The number of fused-ring (bicyclic) bond motifs is 1. The lowest BCUT2D eigenvalue weighted by Crippen LogP contribution is -2.37. The summed E-state index contributed by atoms with van der Waals surface area (Å²) in [5, 5.41) is 3.70. The summed E-state index contributed by atoms with van der Waals surface area (Å²) in [5.41, 5.74) is 5.00. The van der Waals surface area contributed by atoms with Crippen molar-refractivity contribution in [2.45, 2.75) is 52.0 Å². The summed E-state index contributed by atoms with van der Waals surface area (Å²) in [4.78, 5) is 0. The van der Waals surface area contributed by atoms with Crippen LogP contribution in [0.3, 0.4) is 0 Å². The summed E-state index contributed by atoms with van der Waals surface area (Å²) in [7, 11) is 0. The number of benzene rings is 1. The van der Waals surface area contributed by atoms with E-state index >= 15 is 0 Å². The Bertz CT molecular complexity index is 424. The fraction of sp³-hybridized carbons (Fsp3) is 0.625. The van der Waals surface area contributed by atoms with Crippen LogP contribution in [0.1, 0.15) is 62.3 Å². The Hall–Kier alpha value is -0.820. The van der Waals surface area contributed by atoms with Gasteiger partial charge in [-0.1, -0.05) is 39.0 Å². The van der Waals surface area contributed by atoms with Gasteiger partial charge in [-0.25, -0.2) is 0 Å². The molecule has 0 aromatic heterocycles. The molecule has 0 saturated heterocycles. The van der Waals surface area contributed by atoms with Crippen molar-refractivity contribution in [2.75, 3.05) is 6.54 Å². The number of hydrogen-bond donors (Lipinski definition) is 1. The second-order valence-electron chi connectivity index (χ2n) is 6.74. The van der Waals surface area contributed by atoms with E-state index in [4.69, 9.17) is 0 Å². The standard InChI is InChI=1S/C16H23N/c1-16(2,3)15-14-10-13(11-4-5-11)7-6-12(14)8-9-17-15/h6-7,10-11,15,17H,4-5,8-9H2,1-3H3. The molecule has 2 aliphatic rings. The zero-order chi connectivity index (χ0) is 12.0. The summed E-state index contributed by atoms with van der Waals surface area (Å²) >= 11 is 0. The SMILES string of the molecule is CC(C)(C)C1NCCc2ccc(C3CC3)cc21. The minimum atomic E-state index is 0.303. The second-order valence-corrected chi connectivity index (χ2v) is 6.74. The zero-order valence-corrected chi connectivity index (χ0v) is 11.2. The molecule has 92 valence electrons. The van der Waals surface area contributed by atoms with Crippen LogP contribution in [0.15, 0.2) is 18.2 Å². The Labute approximate surface area is 105 Å². The molecule has 1 saturated carbocycles. The minimum absolute atomic E-state index is 0.303. The van der Waals surface area contributed by atoms with Crippen molar-refractivity contribution in [3.05, 3.63) is 34.9 Å². The molecule has 0 spiro atoms. The van der Waals surface area contributed by atoms with Crippen molar-refractivity contribution >= 4 is 0 Å². The van der Waals surface area contributed by atoms with E-state index in [0.29, 0.717) is 11.5 Å². The molecule has 1 fully saturated rings. The van der Waals surface area contributed by atoms with E-state index in [2.05, 4.69) is 44.3 Å². The molecule has 1 nitrogen and oxygen atoms in total. The van der Waals surface area contributed by atoms with Crippen molar-refractivity contribution in [3.63, 3.8) is 0 Å². The van der Waals surface area contributed by atoms with Crippen molar-refractivity contribution in [1.82, 2.24) is 5.32 Å². The molecule has 1 heteroatoms. The van der Waals surface area contributed by atoms with Crippen LogP contribution < -0.4 is 5.32 Å². The lowest BCUT2D eigenvalue weighted by molar-refractivity contribution is 0.263. The maximum atomic E-state index is 3.70. The second kappa shape index (κ2) is 3.84. The fourth-order valence-corrected chi connectivity index (χ4v) is 3.01. The molecule has 1 aliphatic heterocycles.